The maximum Gasteiger partial charge on any atom is 0.419 e. The maximum atomic E-state index is 13.9. The molecule has 1 aliphatic rings. The predicted molar refractivity (Wildman–Crippen MR) is 128 cm³/mol. The van der Waals surface area contributed by atoms with Gasteiger partial charge in [0.15, 0.2) is 0 Å². The van der Waals surface area contributed by atoms with Crippen molar-refractivity contribution in [2.24, 2.45) is 0 Å². The molecule has 1 N–H and O–H groups in total. The van der Waals surface area contributed by atoms with Crippen LogP contribution in [0.4, 0.5) is 36.4 Å². The van der Waals surface area contributed by atoms with E-state index >= 15 is 0 Å². The van der Waals surface area contributed by atoms with Crippen molar-refractivity contribution in [2.45, 2.75) is 43.6 Å². The summed E-state index contributed by atoms with van der Waals surface area (Å²) < 4.78 is 118. The van der Waals surface area contributed by atoms with E-state index in [1.54, 1.807) is 19.1 Å². The lowest BCUT2D eigenvalue weighted by molar-refractivity contribution is -0.140. The summed E-state index contributed by atoms with van der Waals surface area (Å²) in [6.07, 6.45) is -9.68. The van der Waals surface area contributed by atoms with Gasteiger partial charge in [-0.2, -0.15) is 30.6 Å². The summed E-state index contributed by atoms with van der Waals surface area (Å²) in [7, 11) is -4.11. The molecular weight excluding hydrogens is 553 g/mol. The third kappa shape index (κ3) is 6.09. The van der Waals surface area contributed by atoms with Crippen molar-refractivity contribution >= 4 is 21.6 Å². The largest absolute Gasteiger partial charge is 0.419 e. The van der Waals surface area contributed by atoms with Gasteiger partial charge in [0.05, 0.1) is 22.4 Å². The highest BCUT2D eigenvalue weighted by Gasteiger charge is 2.35. The molecule has 13 heteroatoms. The van der Waals surface area contributed by atoms with E-state index in [-0.39, 0.29) is 30.0 Å². The molecule has 3 aromatic carbocycles. The fourth-order valence-electron chi connectivity index (χ4n) is 4.36. The number of nitrogens with one attached hydrogen (secondary N) is 1. The molecule has 0 atom stereocenters. The zero-order valence-electron chi connectivity index (χ0n) is 20.3. The number of halogens is 7. The Morgan fingerprint density at radius 1 is 0.949 bits per heavy atom. The Morgan fingerprint density at radius 3 is 2.21 bits per heavy atom. The first-order valence-electron chi connectivity index (χ1n) is 11.5. The molecule has 0 fully saturated rings. The minimum atomic E-state index is -4.86. The van der Waals surface area contributed by atoms with Crippen molar-refractivity contribution < 1.29 is 43.9 Å². The third-order valence-corrected chi connectivity index (χ3v) is 8.22. The van der Waals surface area contributed by atoms with Crippen molar-refractivity contribution in [3.05, 3.63) is 93.8 Å². The summed E-state index contributed by atoms with van der Waals surface area (Å²) in [5.74, 6) is -2.10. The van der Waals surface area contributed by atoms with Gasteiger partial charge in [-0.1, -0.05) is 18.2 Å². The SMILES string of the molecule is Cc1ccc2c(c1NC(=O)Cc1ccc(C(F)(F)F)c(F)c1)CCN(S(=O)(=O)c1ccc(C(F)(F)F)cc1)C2. The zero-order chi connectivity index (χ0) is 28.8. The highest BCUT2D eigenvalue weighted by Crippen LogP contribution is 2.34. The lowest BCUT2D eigenvalue weighted by Gasteiger charge is -2.30. The van der Waals surface area contributed by atoms with E-state index in [1.165, 1.54) is 0 Å². The van der Waals surface area contributed by atoms with Gasteiger partial charge in [-0.15, -0.1) is 0 Å². The monoisotopic (exact) mass is 574 g/mol. The van der Waals surface area contributed by atoms with Gasteiger partial charge < -0.3 is 5.32 Å². The van der Waals surface area contributed by atoms with Crippen LogP contribution in [-0.4, -0.2) is 25.2 Å². The van der Waals surface area contributed by atoms with Crippen LogP contribution in [0.1, 0.15) is 33.4 Å². The van der Waals surface area contributed by atoms with Crippen LogP contribution in [0, 0.1) is 12.7 Å². The number of fused-ring (bicyclic) bond motifs is 1. The molecular formula is C26H21F7N2O3S. The molecule has 0 aliphatic carbocycles. The normalized spacial score (nSPS) is 14.7. The Morgan fingerprint density at radius 2 is 1.62 bits per heavy atom. The van der Waals surface area contributed by atoms with E-state index in [4.69, 9.17) is 0 Å². The van der Waals surface area contributed by atoms with E-state index in [2.05, 4.69) is 5.32 Å². The zero-order valence-corrected chi connectivity index (χ0v) is 21.1. The molecule has 39 heavy (non-hydrogen) atoms. The average Bonchev–Trinajstić information content (AvgIpc) is 2.84. The molecule has 0 aromatic heterocycles. The number of hydrogen-bond acceptors (Lipinski definition) is 3. The standard InChI is InChI=1S/C26H21F7N2O3S/c1-15-2-4-17-14-35(39(37,38)19-7-5-18(6-8-19)25(28,29)30)11-10-20(17)24(15)34-23(36)13-16-3-9-21(22(27)12-16)26(31,32)33/h2-9,12H,10-11,13-14H2,1H3,(H,34,36). The molecule has 0 radical (unpaired) electrons. The van der Waals surface area contributed by atoms with Crippen LogP contribution in [0.25, 0.3) is 0 Å². The van der Waals surface area contributed by atoms with Crippen LogP contribution < -0.4 is 5.32 Å². The number of anilines is 1. The highest BCUT2D eigenvalue weighted by atomic mass is 32.2. The molecule has 0 spiro atoms. The van der Waals surface area contributed by atoms with E-state index in [9.17, 15) is 43.9 Å². The maximum absolute atomic E-state index is 13.9. The van der Waals surface area contributed by atoms with Gasteiger partial charge in [-0.05, 0) is 72.0 Å². The van der Waals surface area contributed by atoms with Crippen LogP contribution in [-0.2, 0) is 46.6 Å². The first-order valence-corrected chi connectivity index (χ1v) is 13.0. The second-order valence-electron chi connectivity index (χ2n) is 9.04. The van der Waals surface area contributed by atoms with E-state index in [0.717, 1.165) is 22.5 Å². The lowest BCUT2D eigenvalue weighted by atomic mass is 9.95. The second kappa shape index (κ2) is 10.3. The van der Waals surface area contributed by atoms with Gasteiger partial charge in [0.1, 0.15) is 5.82 Å². The fourth-order valence-corrected chi connectivity index (χ4v) is 5.78. The molecule has 3 aromatic rings. The Kier molecular flexibility index (Phi) is 7.52. The average molecular weight is 575 g/mol. The molecule has 1 aliphatic heterocycles. The predicted octanol–water partition coefficient (Wildman–Crippen LogP) is 6.10. The van der Waals surface area contributed by atoms with E-state index in [0.29, 0.717) is 46.6 Å². The Balaban J connectivity index is 1.51. The first kappa shape index (κ1) is 28.6. The Labute approximate surface area is 219 Å². The van der Waals surface area contributed by atoms with Crippen LogP contribution >= 0.6 is 0 Å². The minimum Gasteiger partial charge on any atom is -0.325 e. The van der Waals surface area contributed by atoms with Crippen molar-refractivity contribution in [3.63, 3.8) is 0 Å². The van der Waals surface area contributed by atoms with Crippen LogP contribution in [0.2, 0.25) is 0 Å². The molecule has 0 unspecified atom stereocenters. The number of alkyl halides is 6. The minimum absolute atomic E-state index is 0.00715. The summed E-state index contributed by atoms with van der Waals surface area (Å²) >= 11 is 0. The number of nitrogens with zero attached hydrogens (tertiary/aromatic N) is 1. The van der Waals surface area contributed by atoms with Crippen LogP contribution in [0.5, 0.6) is 0 Å². The molecule has 0 saturated heterocycles. The Bertz CT molecular complexity index is 1520. The van der Waals surface area contributed by atoms with Crippen LogP contribution in [0.15, 0.2) is 59.5 Å². The van der Waals surface area contributed by atoms with Gasteiger partial charge in [0.25, 0.3) is 0 Å². The number of carbonyl (C=O) groups excluding carboxylic acids is 1. The third-order valence-electron chi connectivity index (χ3n) is 6.36. The van der Waals surface area contributed by atoms with E-state index < -0.39 is 51.6 Å². The number of rotatable bonds is 5. The quantitative estimate of drug-likeness (QED) is 0.375. The first-order chi connectivity index (χ1) is 18.1. The molecule has 208 valence electrons. The summed E-state index contributed by atoms with van der Waals surface area (Å²) in [5, 5.41) is 2.70. The molecule has 4 rings (SSSR count). The summed E-state index contributed by atoms with van der Waals surface area (Å²) in [6.45, 7) is 1.61. The van der Waals surface area contributed by atoms with Crippen molar-refractivity contribution in [3.8, 4) is 0 Å². The highest BCUT2D eigenvalue weighted by molar-refractivity contribution is 7.89. The molecule has 5 nitrogen and oxygen atoms in total. The number of benzene rings is 3. The summed E-state index contributed by atoms with van der Waals surface area (Å²) in [6, 6.07) is 8.77. The number of hydrogen-bond donors (Lipinski definition) is 1. The molecule has 0 saturated carbocycles. The topological polar surface area (TPSA) is 66.5 Å². The lowest BCUT2D eigenvalue weighted by Crippen LogP contribution is -2.36. The number of aryl methyl sites for hydroxylation is 1. The number of sulfonamides is 1. The summed E-state index contributed by atoms with van der Waals surface area (Å²) in [5.41, 5.74) is -0.0831. The van der Waals surface area contributed by atoms with Gasteiger partial charge >= 0.3 is 12.4 Å². The number of carbonyl (C=O) groups is 1. The fraction of sp³-hybridized carbons (Fsp3) is 0.269. The van der Waals surface area contributed by atoms with Crippen molar-refractivity contribution in [1.82, 2.24) is 4.31 Å². The molecule has 0 bridgehead atoms. The van der Waals surface area contributed by atoms with Crippen LogP contribution in [0.3, 0.4) is 0 Å². The number of amides is 1. The second-order valence-corrected chi connectivity index (χ2v) is 11.0. The van der Waals surface area contributed by atoms with E-state index in [1.807, 2.05) is 0 Å². The molecule has 1 heterocycles. The van der Waals surface area contributed by atoms with Gasteiger partial charge in [-0.3, -0.25) is 4.79 Å². The van der Waals surface area contributed by atoms with Gasteiger partial charge in [0.2, 0.25) is 15.9 Å². The van der Waals surface area contributed by atoms with Gasteiger partial charge in [-0.25, -0.2) is 12.8 Å². The van der Waals surface area contributed by atoms with Crippen molar-refractivity contribution in [1.29, 1.82) is 0 Å². The van der Waals surface area contributed by atoms with Gasteiger partial charge in [0, 0.05) is 18.8 Å². The Hall–Kier alpha value is -3.45. The molecule has 1 amide bonds. The smallest absolute Gasteiger partial charge is 0.325 e. The summed E-state index contributed by atoms with van der Waals surface area (Å²) in [4.78, 5) is 12.4. The van der Waals surface area contributed by atoms with Crippen molar-refractivity contribution in [2.75, 3.05) is 11.9 Å².